The minimum absolute atomic E-state index is 0.0631. The fraction of sp³-hybridized carbons (Fsp3) is 0.571. The van der Waals surface area contributed by atoms with E-state index in [4.69, 9.17) is 0 Å². The number of amides is 1. The summed E-state index contributed by atoms with van der Waals surface area (Å²) in [6, 6.07) is 4.61. The van der Waals surface area contributed by atoms with Gasteiger partial charge in [-0.3, -0.25) is 19.7 Å². The van der Waals surface area contributed by atoms with Crippen molar-refractivity contribution in [2.45, 2.75) is 62.7 Å². The summed E-state index contributed by atoms with van der Waals surface area (Å²) >= 11 is 0. The van der Waals surface area contributed by atoms with Crippen molar-refractivity contribution < 1.29 is 9.18 Å². The van der Waals surface area contributed by atoms with Crippen LogP contribution in [0.1, 0.15) is 60.5 Å². The predicted octanol–water partition coefficient (Wildman–Crippen LogP) is 3.20. The van der Waals surface area contributed by atoms with Crippen molar-refractivity contribution in [2.75, 3.05) is 13.1 Å². The van der Waals surface area contributed by atoms with Gasteiger partial charge < -0.3 is 5.32 Å². The highest BCUT2D eigenvalue weighted by molar-refractivity contribution is 5.97. The smallest absolute Gasteiger partial charge is 0.253 e. The van der Waals surface area contributed by atoms with Gasteiger partial charge >= 0.3 is 0 Å². The van der Waals surface area contributed by atoms with E-state index in [1.54, 1.807) is 6.20 Å². The number of pyridine rings is 2. The Balaban J connectivity index is 1.20. The first-order chi connectivity index (χ1) is 13.2. The molecule has 0 aromatic carbocycles. The van der Waals surface area contributed by atoms with Gasteiger partial charge in [0, 0.05) is 54.6 Å². The standard InChI is InChI=1S/C21H25FN4O/c22-16-11-26(12-16)18-5-3-17(4-6-18)25-21(27)15-7-14-9-23-19(13-1-2-13)8-20(14)24-10-15/h7-10,13,16-18H,1-6,11-12H2,(H,25,27). The topological polar surface area (TPSA) is 58.1 Å². The summed E-state index contributed by atoms with van der Waals surface area (Å²) in [4.78, 5) is 23.9. The van der Waals surface area contributed by atoms with Gasteiger partial charge in [0.1, 0.15) is 6.17 Å². The van der Waals surface area contributed by atoms with E-state index in [1.165, 1.54) is 12.8 Å². The first-order valence-electron chi connectivity index (χ1n) is 10.1. The number of carbonyl (C=O) groups is 1. The Hall–Kier alpha value is -2.08. The molecule has 1 saturated heterocycles. The molecular formula is C21H25FN4O. The van der Waals surface area contributed by atoms with Gasteiger partial charge in [0.05, 0.1) is 11.1 Å². The maximum atomic E-state index is 13.0. The highest BCUT2D eigenvalue weighted by Gasteiger charge is 2.34. The second-order valence-corrected chi connectivity index (χ2v) is 8.33. The van der Waals surface area contributed by atoms with Crippen LogP contribution in [0.15, 0.2) is 24.5 Å². The van der Waals surface area contributed by atoms with Crippen molar-refractivity contribution in [1.29, 1.82) is 0 Å². The van der Waals surface area contributed by atoms with Crippen LogP contribution in [-0.2, 0) is 0 Å². The third-order valence-electron chi connectivity index (χ3n) is 6.26. The Kier molecular flexibility index (Phi) is 4.31. The molecule has 2 aliphatic carbocycles. The number of carbonyl (C=O) groups excluding carboxylic acids is 1. The van der Waals surface area contributed by atoms with Crippen molar-refractivity contribution in [1.82, 2.24) is 20.2 Å². The van der Waals surface area contributed by atoms with Gasteiger partial charge in [-0.1, -0.05) is 0 Å². The third-order valence-corrected chi connectivity index (χ3v) is 6.26. The molecule has 0 unspecified atom stereocenters. The lowest BCUT2D eigenvalue weighted by Gasteiger charge is -2.43. The molecule has 1 aliphatic heterocycles. The summed E-state index contributed by atoms with van der Waals surface area (Å²) in [6.07, 6.45) is 9.26. The maximum Gasteiger partial charge on any atom is 0.253 e. The number of hydrogen-bond donors (Lipinski definition) is 1. The lowest BCUT2D eigenvalue weighted by Crippen LogP contribution is -2.55. The summed E-state index contributed by atoms with van der Waals surface area (Å²) in [6.45, 7) is 1.17. The van der Waals surface area contributed by atoms with E-state index < -0.39 is 6.17 Å². The van der Waals surface area contributed by atoms with E-state index in [0.717, 1.165) is 42.3 Å². The molecule has 3 aliphatic rings. The van der Waals surface area contributed by atoms with Crippen LogP contribution in [0.4, 0.5) is 4.39 Å². The Labute approximate surface area is 158 Å². The molecule has 1 amide bonds. The predicted molar refractivity (Wildman–Crippen MR) is 101 cm³/mol. The van der Waals surface area contributed by atoms with Crippen molar-refractivity contribution >= 4 is 16.8 Å². The molecule has 5 rings (SSSR count). The number of hydrogen-bond acceptors (Lipinski definition) is 4. The second-order valence-electron chi connectivity index (χ2n) is 8.33. The SMILES string of the molecule is O=C(NC1CCC(N2CC(F)C2)CC1)c1cnc2cc(C3CC3)ncc2c1. The van der Waals surface area contributed by atoms with E-state index >= 15 is 0 Å². The van der Waals surface area contributed by atoms with E-state index in [1.807, 2.05) is 18.3 Å². The Morgan fingerprint density at radius 3 is 2.52 bits per heavy atom. The summed E-state index contributed by atoms with van der Waals surface area (Å²) < 4.78 is 13.0. The first-order valence-corrected chi connectivity index (χ1v) is 10.1. The normalized spacial score (nSPS) is 26.7. The van der Waals surface area contributed by atoms with Gasteiger partial charge in [0.2, 0.25) is 0 Å². The molecule has 1 N–H and O–H groups in total. The number of alkyl halides is 1. The summed E-state index contributed by atoms with van der Waals surface area (Å²) in [5.41, 5.74) is 2.61. The highest BCUT2D eigenvalue weighted by Crippen LogP contribution is 2.39. The molecular weight excluding hydrogens is 343 g/mol. The van der Waals surface area contributed by atoms with Crippen LogP contribution in [0.2, 0.25) is 0 Å². The summed E-state index contributed by atoms with van der Waals surface area (Å²) in [5, 5.41) is 4.06. The number of halogens is 1. The van der Waals surface area contributed by atoms with Gasteiger partial charge in [0.15, 0.2) is 0 Å². The van der Waals surface area contributed by atoms with Gasteiger partial charge in [-0.15, -0.1) is 0 Å². The number of rotatable bonds is 4. The summed E-state index contributed by atoms with van der Waals surface area (Å²) in [5.74, 6) is 0.535. The van der Waals surface area contributed by atoms with Gasteiger partial charge in [-0.2, -0.15) is 0 Å². The van der Waals surface area contributed by atoms with E-state index in [0.29, 0.717) is 30.6 Å². The van der Waals surface area contributed by atoms with Crippen LogP contribution in [0.5, 0.6) is 0 Å². The van der Waals surface area contributed by atoms with Crippen molar-refractivity contribution in [3.8, 4) is 0 Å². The second kappa shape index (κ2) is 6.82. The molecule has 0 bridgehead atoms. The van der Waals surface area contributed by atoms with Gasteiger partial charge in [-0.05, 0) is 50.7 Å². The van der Waals surface area contributed by atoms with Crippen LogP contribution in [0.3, 0.4) is 0 Å². The molecule has 142 valence electrons. The molecule has 2 aromatic rings. The molecule has 2 saturated carbocycles. The number of nitrogens with zero attached hydrogens (tertiary/aromatic N) is 3. The van der Waals surface area contributed by atoms with E-state index in [2.05, 4.69) is 20.2 Å². The molecule has 0 atom stereocenters. The first kappa shape index (κ1) is 17.0. The van der Waals surface area contributed by atoms with Crippen molar-refractivity contribution in [3.05, 3.63) is 35.8 Å². The maximum absolute atomic E-state index is 13.0. The molecule has 3 heterocycles. The van der Waals surface area contributed by atoms with Crippen molar-refractivity contribution in [2.24, 2.45) is 0 Å². The Morgan fingerprint density at radius 1 is 1.04 bits per heavy atom. The number of nitrogens with one attached hydrogen (secondary N) is 1. The van der Waals surface area contributed by atoms with Crippen molar-refractivity contribution in [3.63, 3.8) is 0 Å². The average Bonchev–Trinajstić information content (AvgIpc) is 3.51. The molecule has 6 heteroatoms. The van der Waals surface area contributed by atoms with Crippen LogP contribution >= 0.6 is 0 Å². The van der Waals surface area contributed by atoms with Crippen LogP contribution in [-0.4, -0.2) is 52.1 Å². The highest BCUT2D eigenvalue weighted by atomic mass is 19.1. The zero-order chi connectivity index (χ0) is 18.4. The molecule has 0 radical (unpaired) electrons. The minimum atomic E-state index is -0.641. The molecule has 2 aromatic heterocycles. The summed E-state index contributed by atoms with van der Waals surface area (Å²) in [7, 11) is 0. The Bertz CT molecular complexity index is 854. The van der Waals surface area contributed by atoms with E-state index in [9.17, 15) is 9.18 Å². The van der Waals surface area contributed by atoms with Crippen LogP contribution in [0, 0.1) is 0 Å². The Morgan fingerprint density at radius 2 is 1.81 bits per heavy atom. The average molecular weight is 368 g/mol. The van der Waals surface area contributed by atoms with Crippen LogP contribution in [0.25, 0.3) is 10.9 Å². The lowest BCUT2D eigenvalue weighted by molar-refractivity contribution is 0.0110. The van der Waals surface area contributed by atoms with Gasteiger partial charge in [0.25, 0.3) is 5.91 Å². The molecule has 5 nitrogen and oxygen atoms in total. The number of fused-ring (bicyclic) bond motifs is 1. The monoisotopic (exact) mass is 368 g/mol. The largest absolute Gasteiger partial charge is 0.349 e. The zero-order valence-electron chi connectivity index (χ0n) is 15.4. The minimum Gasteiger partial charge on any atom is -0.349 e. The number of aromatic nitrogens is 2. The molecule has 0 spiro atoms. The third kappa shape index (κ3) is 3.55. The molecule has 3 fully saturated rings. The lowest BCUT2D eigenvalue weighted by atomic mass is 9.88. The molecule has 27 heavy (non-hydrogen) atoms. The zero-order valence-corrected chi connectivity index (χ0v) is 15.4. The van der Waals surface area contributed by atoms with Gasteiger partial charge in [-0.25, -0.2) is 4.39 Å². The fourth-order valence-corrected chi connectivity index (χ4v) is 4.37. The van der Waals surface area contributed by atoms with E-state index in [-0.39, 0.29) is 11.9 Å². The van der Waals surface area contributed by atoms with Crippen LogP contribution < -0.4 is 5.32 Å². The fourth-order valence-electron chi connectivity index (χ4n) is 4.37. The number of likely N-dealkylation sites (tertiary alicyclic amines) is 1. The quantitative estimate of drug-likeness (QED) is 0.900.